The van der Waals surface area contributed by atoms with Gasteiger partial charge in [-0.2, -0.15) is 0 Å². The molecular weight excluding hydrogens is 160 g/mol. The minimum Gasteiger partial charge on any atom is -0.481 e. The van der Waals surface area contributed by atoms with Crippen LogP contribution in [0.4, 0.5) is 0 Å². The molecule has 0 aliphatic heterocycles. The third-order valence-corrected chi connectivity index (χ3v) is 1.16. The van der Waals surface area contributed by atoms with Gasteiger partial charge >= 0.3 is 5.97 Å². The molecule has 1 aromatic heterocycles. The number of carbonyl (C=O) groups excluding carboxylic acids is 1. The second-order valence-electron chi connectivity index (χ2n) is 2.08. The average molecular weight is 166 g/mol. The Bertz CT molecular complexity index is 297. The van der Waals surface area contributed by atoms with Gasteiger partial charge in [-0.15, -0.1) is 0 Å². The van der Waals surface area contributed by atoms with Gasteiger partial charge in [0.1, 0.15) is 12.1 Å². The Morgan fingerprint density at radius 3 is 2.67 bits per heavy atom. The third kappa shape index (κ3) is 2.12. The van der Waals surface area contributed by atoms with Crippen molar-refractivity contribution < 1.29 is 14.7 Å². The lowest BCUT2D eigenvalue weighted by Crippen LogP contribution is -2.08. The van der Waals surface area contributed by atoms with E-state index in [-0.39, 0.29) is 5.69 Å². The van der Waals surface area contributed by atoms with Gasteiger partial charge in [0.15, 0.2) is 5.78 Å². The number of hydrogen-bond acceptors (Lipinski definition) is 4. The molecule has 5 heteroatoms. The molecule has 0 bridgehead atoms. The monoisotopic (exact) mass is 166 g/mol. The van der Waals surface area contributed by atoms with Crippen molar-refractivity contribution in [3.63, 3.8) is 0 Å². The van der Waals surface area contributed by atoms with Gasteiger partial charge < -0.3 is 5.11 Å². The molecule has 0 unspecified atom stereocenters. The van der Waals surface area contributed by atoms with Crippen LogP contribution in [0.25, 0.3) is 0 Å². The van der Waals surface area contributed by atoms with Crippen LogP contribution in [0.5, 0.6) is 0 Å². The third-order valence-electron chi connectivity index (χ3n) is 1.16. The first-order valence-corrected chi connectivity index (χ1v) is 3.21. The maximum absolute atomic E-state index is 11.0. The molecule has 0 aliphatic rings. The predicted molar refractivity (Wildman–Crippen MR) is 38.6 cm³/mol. The fraction of sp³-hybridized carbons (Fsp3) is 0.143. The summed E-state index contributed by atoms with van der Waals surface area (Å²) in [5, 5.41) is 8.28. The van der Waals surface area contributed by atoms with E-state index in [4.69, 9.17) is 5.11 Å². The molecule has 0 aliphatic carbocycles. The zero-order chi connectivity index (χ0) is 8.97. The molecule has 0 radical (unpaired) electrons. The summed E-state index contributed by atoms with van der Waals surface area (Å²) in [7, 11) is 0. The first-order chi connectivity index (χ1) is 5.70. The Labute approximate surface area is 68.1 Å². The molecule has 1 rings (SSSR count). The van der Waals surface area contributed by atoms with Gasteiger partial charge in [0.25, 0.3) is 0 Å². The van der Waals surface area contributed by atoms with E-state index >= 15 is 0 Å². The smallest absolute Gasteiger partial charge is 0.311 e. The van der Waals surface area contributed by atoms with E-state index in [1.54, 1.807) is 0 Å². The minimum absolute atomic E-state index is 0.0832. The number of aliphatic carboxylic acids is 1. The van der Waals surface area contributed by atoms with Crippen molar-refractivity contribution in [2.75, 3.05) is 0 Å². The van der Waals surface area contributed by atoms with Crippen LogP contribution >= 0.6 is 0 Å². The highest BCUT2D eigenvalue weighted by molar-refractivity contribution is 6.04. The van der Waals surface area contributed by atoms with Gasteiger partial charge in [0.2, 0.25) is 0 Å². The minimum atomic E-state index is -1.16. The molecule has 1 N–H and O–H groups in total. The summed E-state index contributed by atoms with van der Waals surface area (Å²) in [5.41, 5.74) is 0.0832. The highest BCUT2D eigenvalue weighted by Gasteiger charge is 2.10. The lowest BCUT2D eigenvalue weighted by molar-refractivity contribution is -0.135. The summed E-state index contributed by atoms with van der Waals surface area (Å²) in [6.07, 6.45) is 3.45. The van der Waals surface area contributed by atoms with Crippen molar-refractivity contribution in [2.24, 2.45) is 0 Å². The Morgan fingerprint density at radius 1 is 1.42 bits per heavy atom. The Balaban J connectivity index is 2.73. The number of aromatic nitrogens is 2. The van der Waals surface area contributed by atoms with E-state index in [0.717, 1.165) is 0 Å². The summed E-state index contributed by atoms with van der Waals surface area (Å²) in [6, 6.07) is 0. The Hall–Kier alpha value is -1.78. The second kappa shape index (κ2) is 3.56. The lowest BCUT2D eigenvalue weighted by atomic mass is 10.2. The Kier molecular flexibility index (Phi) is 2.47. The van der Waals surface area contributed by atoms with Crippen LogP contribution in [0.3, 0.4) is 0 Å². The SMILES string of the molecule is O=C(O)CC(=O)c1cnccn1. The maximum Gasteiger partial charge on any atom is 0.311 e. The van der Waals surface area contributed by atoms with Gasteiger partial charge in [0, 0.05) is 12.4 Å². The van der Waals surface area contributed by atoms with Crippen LogP contribution in [-0.4, -0.2) is 26.8 Å². The first-order valence-electron chi connectivity index (χ1n) is 3.21. The number of nitrogens with zero attached hydrogens (tertiary/aromatic N) is 2. The molecule has 0 amide bonds. The number of carboxylic acids is 1. The van der Waals surface area contributed by atoms with Gasteiger partial charge in [-0.3, -0.25) is 14.6 Å². The molecule has 0 aromatic carbocycles. The van der Waals surface area contributed by atoms with Crippen molar-refractivity contribution >= 4 is 11.8 Å². The van der Waals surface area contributed by atoms with Gasteiger partial charge in [-0.1, -0.05) is 0 Å². The fourth-order valence-corrected chi connectivity index (χ4v) is 0.671. The molecule has 0 saturated heterocycles. The molecule has 5 nitrogen and oxygen atoms in total. The summed E-state index contributed by atoms with van der Waals surface area (Å²) in [4.78, 5) is 28.4. The molecule has 1 aromatic rings. The Morgan fingerprint density at radius 2 is 2.17 bits per heavy atom. The summed E-state index contributed by atoms with van der Waals surface area (Å²) >= 11 is 0. The number of hydrogen-bond donors (Lipinski definition) is 1. The van der Waals surface area contributed by atoms with E-state index in [0.29, 0.717) is 0 Å². The summed E-state index contributed by atoms with van der Waals surface area (Å²) in [5.74, 6) is -1.69. The number of Topliss-reactive ketones (excluding diaryl/α,β-unsaturated/α-hetero) is 1. The van der Waals surface area contributed by atoms with Crippen LogP contribution in [-0.2, 0) is 4.79 Å². The molecule has 1 heterocycles. The number of rotatable bonds is 3. The highest BCUT2D eigenvalue weighted by atomic mass is 16.4. The topological polar surface area (TPSA) is 80.1 Å². The predicted octanol–water partition coefficient (Wildman–Crippen LogP) is 0.134. The molecular formula is C7H6N2O3. The van der Waals surface area contributed by atoms with Crippen LogP contribution < -0.4 is 0 Å². The van der Waals surface area contributed by atoms with Crippen LogP contribution in [0.1, 0.15) is 16.9 Å². The zero-order valence-corrected chi connectivity index (χ0v) is 6.10. The molecule has 0 fully saturated rings. The maximum atomic E-state index is 11.0. The number of carbonyl (C=O) groups is 2. The van der Waals surface area contributed by atoms with Crippen molar-refractivity contribution in [1.82, 2.24) is 9.97 Å². The summed E-state index contributed by atoms with van der Waals surface area (Å²) in [6.45, 7) is 0. The quantitative estimate of drug-likeness (QED) is 0.510. The zero-order valence-electron chi connectivity index (χ0n) is 6.10. The van der Waals surface area contributed by atoms with Crippen molar-refractivity contribution in [3.8, 4) is 0 Å². The van der Waals surface area contributed by atoms with Crippen molar-refractivity contribution in [1.29, 1.82) is 0 Å². The largest absolute Gasteiger partial charge is 0.481 e. The molecule has 0 atom stereocenters. The van der Waals surface area contributed by atoms with Gasteiger partial charge in [-0.05, 0) is 0 Å². The van der Waals surface area contributed by atoms with Gasteiger partial charge in [-0.25, -0.2) is 4.98 Å². The van der Waals surface area contributed by atoms with E-state index in [1.807, 2.05) is 0 Å². The number of ketones is 1. The summed E-state index contributed by atoms with van der Waals surface area (Å²) < 4.78 is 0. The molecule has 62 valence electrons. The molecule has 12 heavy (non-hydrogen) atoms. The van der Waals surface area contributed by atoms with E-state index in [2.05, 4.69) is 9.97 Å². The standard InChI is InChI=1S/C7H6N2O3/c10-6(3-7(11)12)5-4-8-1-2-9-5/h1-2,4H,3H2,(H,11,12). The van der Waals surface area contributed by atoms with Crippen LogP contribution in [0, 0.1) is 0 Å². The van der Waals surface area contributed by atoms with Gasteiger partial charge in [0.05, 0.1) is 6.20 Å². The van der Waals surface area contributed by atoms with E-state index in [1.165, 1.54) is 18.6 Å². The normalized spacial score (nSPS) is 9.33. The first kappa shape index (κ1) is 8.32. The van der Waals surface area contributed by atoms with Crippen LogP contribution in [0.15, 0.2) is 18.6 Å². The highest BCUT2D eigenvalue weighted by Crippen LogP contribution is 1.96. The van der Waals surface area contributed by atoms with E-state index in [9.17, 15) is 9.59 Å². The van der Waals surface area contributed by atoms with Crippen LogP contribution in [0.2, 0.25) is 0 Å². The molecule has 0 spiro atoms. The lowest BCUT2D eigenvalue weighted by Gasteiger charge is -1.93. The number of carboxylic acid groups (broad SMARTS) is 1. The molecule has 0 saturated carbocycles. The average Bonchev–Trinajstić information content (AvgIpc) is 2.05. The van der Waals surface area contributed by atoms with Crippen molar-refractivity contribution in [2.45, 2.75) is 6.42 Å². The fourth-order valence-electron chi connectivity index (χ4n) is 0.671. The van der Waals surface area contributed by atoms with Crippen molar-refractivity contribution in [3.05, 3.63) is 24.3 Å². The second-order valence-corrected chi connectivity index (χ2v) is 2.08. The van der Waals surface area contributed by atoms with E-state index < -0.39 is 18.2 Å².